The maximum absolute atomic E-state index is 6.19. The van der Waals surface area contributed by atoms with E-state index in [1.54, 1.807) is 6.20 Å². The number of hydrogen-bond donors (Lipinski definition) is 1. The van der Waals surface area contributed by atoms with Crippen molar-refractivity contribution in [2.24, 2.45) is 5.73 Å². The van der Waals surface area contributed by atoms with Crippen LogP contribution in [0.1, 0.15) is 31.4 Å². The van der Waals surface area contributed by atoms with Crippen molar-refractivity contribution in [1.29, 1.82) is 0 Å². The van der Waals surface area contributed by atoms with E-state index in [0.717, 1.165) is 23.0 Å². The van der Waals surface area contributed by atoms with E-state index in [2.05, 4.69) is 20.9 Å². The molecule has 1 aliphatic rings. The Hall–Kier alpha value is -0.450. The average Bonchev–Trinajstić information content (AvgIpc) is 2.69. The molecule has 1 fully saturated rings. The van der Waals surface area contributed by atoms with E-state index < -0.39 is 0 Å². The molecule has 88 valence electrons. The predicted octanol–water partition coefficient (Wildman–Crippen LogP) is 2.63. The molecule has 0 atom stereocenters. The summed E-state index contributed by atoms with van der Waals surface area (Å²) in [6.45, 7) is 1.19. The molecular weight excluding hydrogens is 268 g/mol. The number of halogens is 1. The van der Waals surface area contributed by atoms with Crippen molar-refractivity contribution in [1.82, 2.24) is 4.98 Å². The molecule has 0 saturated heterocycles. The predicted molar refractivity (Wildman–Crippen MR) is 67.0 cm³/mol. The van der Waals surface area contributed by atoms with Crippen molar-refractivity contribution in [3.8, 4) is 0 Å². The van der Waals surface area contributed by atoms with Crippen LogP contribution in [0.25, 0.3) is 0 Å². The van der Waals surface area contributed by atoms with E-state index in [0.29, 0.717) is 13.2 Å². The highest BCUT2D eigenvalue weighted by atomic mass is 79.9. The van der Waals surface area contributed by atoms with Gasteiger partial charge in [0.25, 0.3) is 0 Å². The van der Waals surface area contributed by atoms with Gasteiger partial charge in [0, 0.05) is 16.2 Å². The van der Waals surface area contributed by atoms with Crippen LogP contribution in [-0.2, 0) is 11.3 Å². The van der Waals surface area contributed by atoms with Crippen LogP contribution in [0.15, 0.2) is 22.8 Å². The van der Waals surface area contributed by atoms with Gasteiger partial charge >= 0.3 is 0 Å². The number of pyridine rings is 1. The minimum absolute atomic E-state index is 0.0879. The Morgan fingerprint density at radius 3 is 2.75 bits per heavy atom. The number of ether oxygens (including phenoxy) is 1. The van der Waals surface area contributed by atoms with Crippen LogP contribution < -0.4 is 5.73 Å². The molecule has 0 unspecified atom stereocenters. The second-order valence-corrected chi connectivity index (χ2v) is 5.45. The lowest BCUT2D eigenvalue weighted by atomic mass is 10.0. The molecule has 1 aromatic heterocycles. The third-order valence-corrected chi connectivity index (χ3v) is 3.50. The van der Waals surface area contributed by atoms with Crippen molar-refractivity contribution in [3.63, 3.8) is 0 Å². The molecule has 1 saturated carbocycles. The molecular formula is C12H17BrN2O. The molecule has 3 nitrogen and oxygen atoms in total. The molecule has 2 N–H and O–H groups in total. The molecule has 0 aliphatic heterocycles. The highest BCUT2D eigenvalue weighted by Crippen LogP contribution is 2.27. The van der Waals surface area contributed by atoms with E-state index >= 15 is 0 Å². The fourth-order valence-corrected chi connectivity index (χ4v) is 2.31. The quantitative estimate of drug-likeness (QED) is 0.925. The van der Waals surface area contributed by atoms with Gasteiger partial charge in [-0.25, -0.2) is 0 Å². The van der Waals surface area contributed by atoms with E-state index in [9.17, 15) is 0 Å². The van der Waals surface area contributed by atoms with Crippen molar-refractivity contribution < 1.29 is 4.74 Å². The molecule has 0 spiro atoms. The maximum atomic E-state index is 6.19. The first-order chi connectivity index (χ1) is 7.68. The lowest BCUT2D eigenvalue weighted by Gasteiger charge is -2.22. The fraction of sp³-hybridized carbons (Fsp3) is 0.583. The second kappa shape index (κ2) is 5.25. The molecule has 16 heavy (non-hydrogen) atoms. The first-order valence-corrected chi connectivity index (χ1v) is 6.44. The number of aromatic nitrogens is 1. The zero-order valence-corrected chi connectivity index (χ0v) is 10.9. The molecule has 1 aliphatic carbocycles. The van der Waals surface area contributed by atoms with E-state index in [4.69, 9.17) is 10.5 Å². The van der Waals surface area contributed by atoms with Gasteiger partial charge in [-0.1, -0.05) is 12.8 Å². The fourth-order valence-electron chi connectivity index (χ4n) is 2.07. The van der Waals surface area contributed by atoms with Gasteiger partial charge in [-0.2, -0.15) is 0 Å². The summed E-state index contributed by atoms with van der Waals surface area (Å²) in [6.07, 6.45) is 6.42. The van der Waals surface area contributed by atoms with Gasteiger partial charge < -0.3 is 10.5 Å². The van der Waals surface area contributed by atoms with Gasteiger partial charge in [0.15, 0.2) is 0 Å². The highest BCUT2D eigenvalue weighted by Gasteiger charge is 2.29. The van der Waals surface area contributed by atoms with Crippen LogP contribution in [0.3, 0.4) is 0 Å². The van der Waals surface area contributed by atoms with Crippen LogP contribution in [0, 0.1) is 0 Å². The van der Waals surface area contributed by atoms with E-state index in [1.165, 1.54) is 12.8 Å². The second-order valence-electron chi connectivity index (χ2n) is 4.53. The zero-order chi connectivity index (χ0) is 11.4. The van der Waals surface area contributed by atoms with Crippen LogP contribution in [0.2, 0.25) is 0 Å². The van der Waals surface area contributed by atoms with Gasteiger partial charge in [-0.05, 0) is 40.9 Å². The Morgan fingerprint density at radius 1 is 1.38 bits per heavy atom. The summed E-state index contributed by atoms with van der Waals surface area (Å²) in [5.74, 6) is 0. The van der Waals surface area contributed by atoms with E-state index in [1.807, 2.05) is 12.1 Å². The SMILES string of the molecule is NC1(COCc2ccc(Br)cn2)CCCC1. The van der Waals surface area contributed by atoms with Gasteiger partial charge in [0.2, 0.25) is 0 Å². The summed E-state index contributed by atoms with van der Waals surface area (Å²) < 4.78 is 6.63. The Morgan fingerprint density at radius 2 is 2.12 bits per heavy atom. The van der Waals surface area contributed by atoms with Crippen LogP contribution in [0.4, 0.5) is 0 Å². The van der Waals surface area contributed by atoms with Crippen LogP contribution >= 0.6 is 15.9 Å². The maximum Gasteiger partial charge on any atom is 0.0888 e. The molecule has 2 rings (SSSR count). The Labute approximate surface area is 105 Å². The summed E-state index contributed by atoms with van der Waals surface area (Å²) in [5.41, 5.74) is 7.06. The standard InChI is InChI=1S/C12H17BrN2O/c13-10-3-4-11(15-7-10)8-16-9-12(14)5-1-2-6-12/h3-4,7H,1-2,5-6,8-9,14H2. The first-order valence-electron chi connectivity index (χ1n) is 5.65. The van der Waals surface area contributed by atoms with Gasteiger partial charge in [0.1, 0.15) is 0 Å². The smallest absolute Gasteiger partial charge is 0.0888 e. The van der Waals surface area contributed by atoms with Crippen molar-refractivity contribution in [3.05, 3.63) is 28.5 Å². The normalized spacial score (nSPS) is 18.9. The average molecular weight is 285 g/mol. The van der Waals surface area contributed by atoms with Gasteiger partial charge in [-0.3, -0.25) is 4.98 Å². The summed E-state index contributed by atoms with van der Waals surface area (Å²) in [4.78, 5) is 4.25. The molecule has 0 amide bonds. The highest BCUT2D eigenvalue weighted by molar-refractivity contribution is 9.10. The lowest BCUT2D eigenvalue weighted by molar-refractivity contribution is 0.0731. The minimum atomic E-state index is -0.0879. The number of rotatable bonds is 4. The molecule has 0 radical (unpaired) electrons. The number of hydrogen-bond acceptors (Lipinski definition) is 3. The monoisotopic (exact) mass is 284 g/mol. The molecule has 0 aromatic carbocycles. The Balaban J connectivity index is 1.77. The lowest BCUT2D eigenvalue weighted by Crippen LogP contribution is -2.41. The van der Waals surface area contributed by atoms with Crippen molar-refractivity contribution in [2.45, 2.75) is 37.8 Å². The third-order valence-electron chi connectivity index (χ3n) is 3.03. The molecule has 0 bridgehead atoms. The number of nitrogens with two attached hydrogens (primary N) is 1. The summed E-state index contributed by atoms with van der Waals surface area (Å²) in [7, 11) is 0. The Bertz CT molecular complexity index is 333. The zero-order valence-electron chi connectivity index (χ0n) is 9.29. The van der Waals surface area contributed by atoms with Gasteiger partial charge in [-0.15, -0.1) is 0 Å². The van der Waals surface area contributed by atoms with Crippen molar-refractivity contribution >= 4 is 15.9 Å². The summed E-state index contributed by atoms with van der Waals surface area (Å²) >= 11 is 3.35. The van der Waals surface area contributed by atoms with Crippen molar-refractivity contribution in [2.75, 3.05) is 6.61 Å². The van der Waals surface area contributed by atoms with E-state index in [-0.39, 0.29) is 5.54 Å². The van der Waals surface area contributed by atoms with Gasteiger partial charge in [0.05, 0.1) is 18.9 Å². The summed E-state index contributed by atoms with van der Waals surface area (Å²) in [6, 6.07) is 3.93. The third kappa shape index (κ3) is 3.27. The molecule has 1 heterocycles. The molecule has 4 heteroatoms. The first kappa shape index (κ1) is 12.0. The minimum Gasteiger partial charge on any atom is -0.373 e. The molecule has 1 aromatic rings. The van der Waals surface area contributed by atoms with Crippen LogP contribution in [0.5, 0.6) is 0 Å². The Kier molecular flexibility index (Phi) is 3.95. The topological polar surface area (TPSA) is 48.1 Å². The summed E-state index contributed by atoms with van der Waals surface area (Å²) in [5, 5.41) is 0. The largest absolute Gasteiger partial charge is 0.373 e. The van der Waals surface area contributed by atoms with Crippen LogP contribution in [-0.4, -0.2) is 17.1 Å². The number of nitrogens with zero attached hydrogens (tertiary/aromatic N) is 1.